The first kappa shape index (κ1) is 21.3. The van der Waals surface area contributed by atoms with Gasteiger partial charge in [0.15, 0.2) is 12.6 Å². The van der Waals surface area contributed by atoms with Crippen LogP contribution < -0.4 is 0 Å². The van der Waals surface area contributed by atoms with Gasteiger partial charge in [-0.3, -0.25) is 0 Å². The molecule has 0 aromatic heterocycles. The predicted octanol–water partition coefficient (Wildman–Crippen LogP) is 2.11. The summed E-state index contributed by atoms with van der Waals surface area (Å²) in [6.07, 6.45) is 2.25. The minimum atomic E-state index is 0.0365. The molecule has 6 heteroatoms. The van der Waals surface area contributed by atoms with Crippen molar-refractivity contribution in [1.82, 2.24) is 0 Å². The van der Waals surface area contributed by atoms with E-state index in [1.807, 2.05) is 27.7 Å². The highest BCUT2D eigenvalue weighted by Crippen LogP contribution is 2.08. The Kier molecular flexibility index (Phi) is 16.9. The fraction of sp³-hybridized carbons (Fsp3) is 1.00. The Morgan fingerprint density at radius 3 is 1.24 bits per heavy atom. The van der Waals surface area contributed by atoms with Gasteiger partial charge in [-0.25, -0.2) is 0 Å². The molecular formula is C15H36O4Si2. The average Bonchev–Trinajstić information content (AvgIpc) is 2.47. The summed E-state index contributed by atoms with van der Waals surface area (Å²) in [5, 5.41) is 0. The molecule has 0 saturated carbocycles. The van der Waals surface area contributed by atoms with Crippen LogP contribution in [0.2, 0.25) is 17.8 Å². The van der Waals surface area contributed by atoms with Crippen LogP contribution in [0.3, 0.4) is 0 Å². The molecular weight excluding hydrogens is 300 g/mol. The maximum absolute atomic E-state index is 5.57. The van der Waals surface area contributed by atoms with Crippen molar-refractivity contribution >= 4 is 19.0 Å². The van der Waals surface area contributed by atoms with E-state index in [-0.39, 0.29) is 31.6 Å². The molecule has 0 heterocycles. The molecule has 0 aromatic carbocycles. The van der Waals surface area contributed by atoms with Crippen molar-refractivity contribution in [3.05, 3.63) is 0 Å². The molecule has 4 nitrogen and oxygen atoms in total. The first-order valence-corrected chi connectivity index (χ1v) is 12.7. The topological polar surface area (TPSA) is 36.9 Å². The van der Waals surface area contributed by atoms with E-state index in [4.69, 9.17) is 18.9 Å². The van der Waals surface area contributed by atoms with Crippen LogP contribution >= 0.6 is 0 Å². The summed E-state index contributed by atoms with van der Waals surface area (Å²) in [5.74, 6) is 0. The van der Waals surface area contributed by atoms with Gasteiger partial charge in [0.25, 0.3) is 0 Å². The molecule has 0 saturated heterocycles. The van der Waals surface area contributed by atoms with Gasteiger partial charge in [0.2, 0.25) is 0 Å². The molecule has 128 valence electrons. The molecule has 0 spiro atoms. The maximum Gasteiger partial charge on any atom is 0.157 e. The second kappa shape index (κ2) is 16.6. The number of hydrogen-bond acceptors (Lipinski definition) is 4. The van der Waals surface area contributed by atoms with E-state index in [0.29, 0.717) is 0 Å². The minimum absolute atomic E-state index is 0.0365. The molecule has 0 amide bonds. The molecule has 0 bridgehead atoms. The molecule has 0 radical (unpaired) electrons. The van der Waals surface area contributed by atoms with E-state index in [2.05, 4.69) is 0 Å². The summed E-state index contributed by atoms with van der Waals surface area (Å²) < 4.78 is 22.3. The van der Waals surface area contributed by atoms with Crippen LogP contribution in [0.5, 0.6) is 0 Å². The molecule has 0 fully saturated rings. The summed E-state index contributed by atoms with van der Waals surface area (Å²) in [6, 6.07) is 2.69. The second-order valence-electron chi connectivity index (χ2n) is 5.03. The lowest BCUT2D eigenvalue weighted by Crippen LogP contribution is -2.19. The van der Waals surface area contributed by atoms with Crippen LogP contribution in [0.25, 0.3) is 0 Å². The Morgan fingerprint density at radius 1 is 0.619 bits per heavy atom. The standard InChI is InChI=1S/C15H36O4Si2/c1-5-16-14(17-6-2)9-11-20-13-21-12-10-15(18-7-3)19-8-4/h14-15H,5-13,20-21H2,1-4H3. The zero-order valence-electron chi connectivity index (χ0n) is 14.6. The van der Waals surface area contributed by atoms with Crippen molar-refractivity contribution in [2.24, 2.45) is 0 Å². The fourth-order valence-electron chi connectivity index (χ4n) is 2.33. The van der Waals surface area contributed by atoms with Crippen molar-refractivity contribution in [2.75, 3.05) is 26.4 Å². The third-order valence-corrected chi connectivity index (χ3v) is 9.11. The van der Waals surface area contributed by atoms with E-state index in [1.54, 1.807) is 0 Å². The van der Waals surface area contributed by atoms with E-state index < -0.39 is 0 Å². The van der Waals surface area contributed by atoms with E-state index >= 15 is 0 Å². The zero-order chi connectivity index (χ0) is 15.8. The molecule has 0 unspecified atom stereocenters. The lowest BCUT2D eigenvalue weighted by atomic mass is 10.4. The highest BCUT2D eigenvalue weighted by Gasteiger charge is 2.08. The van der Waals surface area contributed by atoms with Gasteiger partial charge in [-0.2, -0.15) is 0 Å². The Bertz CT molecular complexity index is 176. The van der Waals surface area contributed by atoms with Crippen LogP contribution in [0, 0.1) is 0 Å². The maximum atomic E-state index is 5.57. The Balaban J connectivity index is 3.48. The van der Waals surface area contributed by atoms with Crippen molar-refractivity contribution < 1.29 is 18.9 Å². The quantitative estimate of drug-likeness (QED) is 0.246. The van der Waals surface area contributed by atoms with Crippen molar-refractivity contribution in [1.29, 1.82) is 0 Å². The molecule has 0 aliphatic heterocycles. The van der Waals surface area contributed by atoms with E-state index in [9.17, 15) is 0 Å². The number of hydrogen-bond donors (Lipinski definition) is 0. The molecule has 0 rings (SSSR count). The SMILES string of the molecule is CCOC(CC[SiH2]C[SiH2]CCC(OCC)OCC)OCC. The van der Waals surface area contributed by atoms with Gasteiger partial charge in [0.1, 0.15) is 0 Å². The lowest BCUT2D eigenvalue weighted by molar-refractivity contribution is -0.136. The van der Waals surface area contributed by atoms with Crippen LogP contribution in [0.15, 0.2) is 0 Å². The highest BCUT2D eigenvalue weighted by atomic mass is 28.3. The average molecular weight is 337 g/mol. The van der Waals surface area contributed by atoms with E-state index in [0.717, 1.165) is 39.3 Å². The largest absolute Gasteiger partial charge is 0.353 e. The third-order valence-electron chi connectivity index (χ3n) is 3.29. The Morgan fingerprint density at radius 2 is 0.952 bits per heavy atom. The first-order chi connectivity index (χ1) is 10.3. The third kappa shape index (κ3) is 13.6. The van der Waals surface area contributed by atoms with Gasteiger partial charge in [-0.15, -0.1) is 0 Å². The molecule has 0 aliphatic carbocycles. The predicted molar refractivity (Wildman–Crippen MR) is 94.8 cm³/mol. The van der Waals surface area contributed by atoms with Gasteiger partial charge in [0, 0.05) is 45.5 Å². The van der Waals surface area contributed by atoms with Crippen LogP contribution in [0.1, 0.15) is 40.5 Å². The molecule has 0 aliphatic rings. The van der Waals surface area contributed by atoms with Crippen molar-refractivity contribution in [2.45, 2.75) is 70.9 Å². The smallest absolute Gasteiger partial charge is 0.157 e. The van der Waals surface area contributed by atoms with Crippen LogP contribution in [-0.4, -0.2) is 58.0 Å². The number of ether oxygens (including phenoxy) is 4. The van der Waals surface area contributed by atoms with Crippen molar-refractivity contribution in [3.63, 3.8) is 0 Å². The first-order valence-electron chi connectivity index (χ1n) is 8.74. The monoisotopic (exact) mass is 336 g/mol. The van der Waals surface area contributed by atoms with Gasteiger partial charge in [0.05, 0.1) is 0 Å². The summed E-state index contributed by atoms with van der Waals surface area (Å²) >= 11 is 0. The van der Waals surface area contributed by atoms with Crippen LogP contribution in [-0.2, 0) is 18.9 Å². The van der Waals surface area contributed by atoms with Gasteiger partial charge in [-0.1, -0.05) is 17.8 Å². The summed E-state index contributed by atoms with van der Waals surface area (Å²) in [6.45, 7) is 11.1. The Hall–Kier alpha value is 0.274. The van der Waals surface area contributed by atoms with Gasteiger partial charge < -0.3 is 18.9 Å². The number of rotatable bonds is 16. The zero-order valence-corrected chi connectivity index (χ0v) is 17.4. The molecule has 0 aromatic rings. The van der Waals surface area contributed by atoms with E-state index in [1.165, 1.54) is 17.8 Å². The van der Waals surface area contributed by atoms with Gasteiger partial charge in [-0.05, 0) is 40.5 Å². The van der Waals surface area contributed by atoms with Gasteiger partial charge >= 0.3 is 0 Å². The molecule has 0 N–H and O–H groups in total. The fourth-order valence-corrected chi connectivity index (χ4v) is 7.81. The summed E-state index contributed by atoms with van der Waals surface area (Å²) in [5.41, 5.74) is 1.54. The Labute approximate surface area is 135 Å². The van der Waals surface area contributed by atoms with Crippen LogP contribution in [0.4, 0.5) is 0 Å². The normalized spacial score (nSPS) is 12.9. The van der Waals surface area contributed by atoms with Crippen molar-refractivity contribution in [3.8, 4) is 0 Å². The lowest BCUT2D eigenvalue weighted by Gasteiger charge is -2.17. The molecule has 21 heavy (non-hydrogen) atoms. The minimum Gasteiger partial charge on any atom is -0.353 e. The summed E-state index contributed by atoms with van der Waals surface area (Å²) in [7, 11) is 0.174. The second-order valence-corrected chi connectivity index (χ2v) is 10.7. The summed E-state index contributed by atoms with van der Waals surface area (Å²) in [4.78, 5) is 0. The highest BCUT2D eigenvalue weighted by molar-refractivity contribution is 6.55. The molecule has 0 atom stereocenters.